The highest BCUT2D eigenvalue weighted by Gasteiger charge is 2.23. The van der Waals surface area contributed by atoms with Gasteiger partial charge in [-0.2, -0.15) is 0 Å². The smallest absolute Gasteiger partial charge is 0.317 e. The Labute approximate surface area is 161 Å². The maximum Gasteiger partial charge on any atom is 0.317 e. The molecule has 3 aromatic rings. The van der Waals surface area contributed by atoms with Crippen LogP contribution < -0.4 is 5.32 Å². The molecule has 1 aliphatic heterocycles. The second-order valence-corrected chi connectivity index (χ2v) is 7.44. The number of hydrogen-bond donors (Lipinski definition) is 1. The summed E-state index contributed by atoms with van der Waals surface area (Å²) < 4.78 is 15.4. The van der Waals surface area contributed by atoms with Gasteiger partial charge >= 0.3 is 6.03 Å². The van der Waals surface area contributed by atoms with Gasteiger partial charge in [-0.1, -0.05) is 0 Å². The fourth-order valence-corrected chi connectivity index (χ4v) is 4.14. The lowest BCUT2D eigenvalue weighted by atomic mass is 10.1. The number of piperazine rings is 1. The number of imidazole rings is 1. The van der Waals surface area contributed by atoms with Gasteiger partial charge in [-0.25, -0.2) is 14.2 Å². The molecule has 1 aromatic carbocycles. The van der Waals surface area contributed by atoms with Crippen LogP contribution in [0.25, 0.3) is 16.2 Å². The number of amides is 2. The topological polar surface area (TPSA) is 52.9 Å². The first kappa shape index (κ1) is 17.9. The third-order valence-corrected chi connectivity index (χ3v) is 5.60. The highest BCUT2D eigenvalue weighted by Crippen LogP contribution is 2.28. The second kappa shape index (κ2) is 7.66. The maximum absolute atomic E-state index is 13.3. The molecule has 2 aromatic heterocycles. The van der Waals surface area contributed by atoms with Crippen LogP contribution in [-0.2, 0) is 6.54 Å². The van der Waals surface area contributed by atoms with E-state index in [0.717, 1.165) is 41.5 Å². The monoisotopic (exact) mass is 387 g/mol. The Morgan fingerprint density at radius 2 is 1.96 bits per heavy atom. The number of carbonyl (C=O) groups excluding carboxylic acids is 1. The number of nitrogens with one attached hydrogen (secondary N) is 1. The number of carbonyl (C=O) groups is 1. The third kappa shape index (κ3) is 3.68. The van der Waals surface area contributed by atoms with Crippen molar-refractivity contribution in [3.8, 4) is 11.3 Å². The molecule has 1 fully saturated rings. The molecule has 1 saturated heterocycles. The van der Waals surface area contributed by atoms with Crippen LogP contribution in [0, 0.1) is 5.82 Å². The van der Waals surface area contributed by atoms with E-state index >= 15 is 0 Å². The van der Waals surface area contributed by atoms with Gasteiger partial charge in [0.1, 0.15) is 5.82 Å². The van der Waals surface area contributed by atoms with Gasteiger partial charge in [-0.05, 0) is 31.2 Å². The largest absolute Gasteiger partial charge is 0.338 e. The van der Waals surface area contributed by atoms with Gasteiger partial charge in [0.15, 0.2) is 4.96 Å². The van der Waals surface area contributed by atoms with Crippen LogP contribution in [-0.4, -0.2) is 57.9 Å². The molecule has 4 rings (SSSR count). The predicted octanol–water partition coefficient (Wildman–Crippen LogP) is 3.05. The number of halogens is 1. The standard InChI is InChI=1S/C19H22FN5OS/c1-2-21-18(26)24-9-7-23(8-10-24)13-16-17(14-3-5-15(20)6-4-14)22-19-25(16)11-12-27-19/h3-6,11-12H,2,7-10,13H2,1H3,(H,21,26). The minimum Gasteiger partial charge on any atom is -0.338 e. The molecule has 27 heavy (non-hydrogen) atoms. The van der Waals surface area contributed by atoms with E-state index in [2.05, 4.69) is 14.6 Å². The Bertz CT molecular complexity index is 927. The zero-order chi connectivity index (χ0) is 18.8. The summed E-state index contributed by atoms with van der Waals surface area (Å²) in [6, 6.07) is 6.50. The van der Waals surface area contributed by atoms with Crippen molar-refractivity contribution in [1.82, 2.24) is 24.5 Å². The summed E-state index contributed by atoms with van der Waals surface area (Å²) in [6.07, 6.45) is 2.03. The lowest BCUT2D eigenvalue weighted by molar-refractivity contribution is 0.134. The molecule has 0 unspecified atom stereocenters. The third-order valence-electron chi connectivity index (χ3n) is 4.84. The predicted molar refractivity (Wildman–Crippen MR) is 104 cm³/mol. The summed E-state index contributed by atoms with van der Waals surface area (Å²) in [6.45, 7) is 6.37. The van der Waals surface area contributed by atoms with Crippen molar-refractivity contribution >= 4 is 22.3 Å². The van der Waals surface area contributed by atoms with Gasteiger partial charge in [0.2, 0.25) is 0 Å². The summed E-state index contributed by atoms with van der Waals surface area (Å²) in [7, 11) is 0. The van der Waals surface area contributed by atoms with Crippen molar-refractivity contribution in [3.05, 3.63) is 47.4 Å². The molecule has 0 spiro atoms. The van der Waals surface area contributed by atoms with E-state index in [1.54, 1.807) is 23.5 Å². The molecular formula is C19H22FN5OS. The summed E-state index contributed by atoms with van der Waals surface area (Å²) in [4.78, 5) is 21.9. The Kier molecular flexibility index (Phi) is 5.09. The van der Waals surface area contributed by atoms with Gasteiger partial charge in [-0.15, -0.1) is 11.3 Å². The first-order valence-electron chi connectivity index (χ1n) is 9.11. The number of hydrogen-bond acceptors (Lipinski definition) is 4. The molecule has 0 radical (unpaired) electrons. The van der Waals surface area contributed by atoms with Gasteiger partial charge in [-0.3, -0.25) is 9.30 Å². The van der Waals surface area contributed by atoms with Crippen molar-refractivity contribution in [2.24, 2.45) is 0 Å². The molecular weight excluding hydrogens is 365 g/mol. The zero-order valence-electron chi connectivity index (χ0n) is 15.2. The van der Waals surface area contributed by atoms with Crippen LogP contribution >= 0.6 is 11.3 Å². The first-order valence-corrected chi connectivity index (χ1v) is 9.99. The Morgan fingerprint density at radius 3 is 2.67 bits per heavy atom. The molecule has 1 N–H and O–H groups in total. The number of urea groups is 1. The summed E-state index contributed by atoms with van der Waals surface area (Å²) >= 11 is 1.59. The normalized spacial score (nSPS) is 15.4. The number of fused-ring (bicyclic) bond motifs is 1. The average Bonchev–Trinajstić information content (AvgIpc) is 3.26. The van der Waals surface area contributed by atoms with E-state index in [4.69, 9.17) is 4.98 Å². The van der Waals surface area contributed by atoms with Crippen LogP contribution in [0.15, 0.2) is 35.8 Å². The number of aromatic nitrogens is 2. The van der Waals surface area contributed by atoms with E-state index in [-0.39, 0.29) is 11.8 Å². The van der Waals surface area contributed by atoms with E-state index in [1.165, 1.54) is 12.1 Å². The molecule has 3 heterocycles. The molecule has 0 saturated carbocycles. The molecule has 1 aliphatic rings. The molecule has 8 heteroatoms. The number of benzene rings is 1. The number of thiazole rings is 1. The van der Waals surface area contributed by atoms with Crippen LogP contribution in [0.2, 0.25) is 0 Å². The number of nitrogens with zero attached hydrogens (tertiary/aromatic N) is 4. The van der Waals surface area contributed by atoms with Gasteiger partial charge in [0.25, 0.3) is 0 Å². The fraction of sp³-hybridized carbons (Fsp3) is 0.368. The molecule has 0 bridgehead atoms. The van der Waals surface area contributed by atoms with Gasteiger partial charge in [0, 0.05) is 56.4 Å². The molecule has 142 valence electrons. The van der Waals surface area contributed by atoms with E-state index in [9.17, 15) is 9.18 Å². The Balaban J connectivity index is 1.54. The summed E-state index contributed by atoms with van der Waals surface area (Å²) in [5.41, 5.74) is 2.92. The molecule has 2 amide bonds. The van der Waals surface area contributed by atoms with Crippen LogP contribution in [0.3, 0.4) is 0 Å². The summed E-state index contributed by atoms with van der Waals surface area (Å²) in [5.74, 6) is -0.247. The van der Waals surface area contributed by atoms with E-state index in [0.29, 0.717) is 19.6 Å². The quantitative estimate of drug-likeness (QED) is 0.749. The molecule has 0 aliphatic carbocycles. The Morgan fingerprint density at radius 1 is 1.22 bits per heavy atom. The minimum atomic E-state index is -0.247. The van der Waals surface area contributed by atoms with Crippen LogP contribution in [0.5, 0.6) is 0 Å². The van der Waals surface area contributed by atoms with E-state index < -0.39 is 0 Å². The van der Waals surface area contributed by atoms with E-state index in [1.807, 2.05) is 23.4 Å². The maximum atomic E-state index is 13.3. The lowest BCUT2D eigenvalue weighted by Gasteiger charge is -2.34. The SMILES string of the molecule is CCNC(=O)N1CCN(Cc2c(-c3ccc(F)cc3)nc3sccn23)CC1. The first-order chi connectivity index (χ1) is 13.2. The highest BCUT2D eigenvalue weighted by molar-refractivity contribution is 7.15. The fourth-order valence-electron chi connectivity index (χ4n) is 3.41. The van der Waals surface area contributed by atoms with Crippen molar-refractivity contribution in [3.63, 3.8) is 0 Å². The minimum absolute atomic E-state index is 0.00808. The average molecular weight is 387 g/mol. The van der Waals surface area contributed by atoms with Crippen LogP contribution in [0.4, 0.5) is 9.18 Å². The van der Waals surface area contributed by atoms with Crippen molar-refractivity contribution in [2.75, 3.05) is 32.7 Å². The van der Waals surface area contributed by atoms with Gasteiger partial charge < -0.3 is 10.2 Å². The highest BCUT2D eigenvalue weighted by atomic mass is 32.1. The zero-order valence-corrected chi connectivity index (χ0v) is 16.0. The lowest BCUT2D eigenvalue weighted by Crippen LogP contribution is -2.51. The second-order valence-electron chi connectivity index (χ2n) is 6.57. The summed E-state index contributed by atoms with van der Waals surface area (Å²) in [5, 5.41) is 4.88. The molecule has 6 nitrogen and oxygen atoms in total. The van der Waals surface area contributed by atoms with Crippen molar-refractivity contribution in [2.45, 2.75) is 13.5 Å². The van der Waals surface area contributed by atoms with Gasteiger partial charge in [0.05, 0.1) is 11.4 Å². The number of rotatable bonds is 4. The van der Waals surface area contributed by atoms with Crippen molar-refractivity contribution in [1.29, 1.82) is 0 Å². The Hall–Kier alpha value is -2.45. The van der Waals surface area contributed by atoms with Crippen molar-refractivity contribution < 1.29 is 9.18 Å². The van der Waals surface area contributed by atoms with Crippen LogP contribution in [0.1, 0.15) is 12.6 Å². The molecule has 0 atom stereocenters.